The number of anilines is 1. The number of thiophene rings is 1. The molecule has 0 amide bonds. The molecule has 0 bridgehead atoms. The lowest BCUT2D eigenvalue weighted by Crippen LogP contribution is -2.60. The van der Waals surface area contributed by atoms with Crippen LogP contribution < -0.4 is 4.90 Å². The molecule has 11 heteroatoms. The van der Waals surface area contributed by atoms with Crippen molar-refractivity contribution in [1.82, 2.24) is 8.61 Å². The molecule has 1 saturated carbocycles. The fraction of sp³-hybridized carbons (Fsp3) is 0.565. The molecule has 0 unspecified atom stereocenters. The Morgan fingerprint density at radius 1 is 1.09 bits per heavy atom. The van der Waals surface area contributed by atoms with Crippen LogP contribution in [-0.4, -0.2) is 75.1 Å². The molecule has 1 aliphatic heterocycles. The largest absolute Gasteiger partial charge is 0.386 e. The number of piperazine rings is 1. The molecule has 2 aliphatic rings. The molecule has 1 saturated heterocycles. The summed E-state index contributed by atoms with van der Waals surface area (Å²) in [5.41, 5.74) is 0.690. The Hall–Kier alpha value is -1.50. The topological polar surface area (TPSA) is 98.2 Å². The predicted octanol–water partition coefficient (Wildman–Crippen LogP) is 2.67. The van der Waals surface area contributed by atoms with Gasteiger partial charge in [0.15, 0.2) is 0 Å². The van der Waals surface area contributed by atoms with Gasteiger partial charge in [-0.2, -0.15) is 8.61 Å². The Morgan fingerprint density at radius 3 is 2.26 bits per heavy atom. The summed E-state index contributed by atoms with van der Waals surface area (Å²) in [7, 11) is -7.09. The zero-order chi connectivity index (χ0) is 24.7. The smallest absolute Gasteiger partial charge is 0.252 e. The van der Waals surface area contributed by atoms with E-state index in [9.17, 15) is 21.9 Å². The van der Waals surface area contributed by atoms with Gasteiger partial charge in [-0.3, -0.25) is 0 Å². The monoisotopic (exact) mass is 527 g/mol. The van der Waals surface area contributed by atoms with Crippen molar-refractivity contribution in [2.24, 2.45) is 0 Å². The van der Waals surface area contributed by atoms with Crippen molar-refractivity contribution < 1.29 is 21.9 Å². The van der Waals surface area contributed by atoms with Crippen LogP contribution in [0.3, 0.4) is 0 Å². The predicted molar refractivity (Wildman–Crippen MR) is 135 cm³/mol. The second kappa shape index (κ2) is 9.51. The molecule has 1 atom stereocenters. The quantitative estimate of drug-likeness (QED) is 0.567. The maximum Gasteiger partial charge on any atom is 0.252 e. The number of hydrogen-bond acceptors (Lipinski definition) is 7. The van der Waals surface area contributed by atoms with Gasteiger partial charge in [0.25, 0.3) is 10.0 Å². The summed E-state index contributed by atoms with van der Waals surface area (Å²) in [6.07, 6.45) is 3.90. The van der Waals surface area contributed by atoms with Gasteiger partial charge in [0.1, 0.15) is 4.21 Å². The number of benzene rings is 1. The molecule has 1 N–H and O–H groups in total. The molecule has 4 rings (SSSR count). The molecule has 2 aromatic rings. The first-order chi connectivity index (χ1) is 15.9. The van der Waals surface area contributed by atoms with Gasteiger partial charge >= 0.3 is 0 Å². The number of nitrogens with zero attached hydrogens (tertiary/aromatic N) is 3. The molecular formula is C23H33N3O5S3. The highest BCUT2D eigenvalue weighted by atomic mass is 32.2. The summed E-state index contributed by atoms with van der Waals surface area (Å²) >= 11 is 1.19. The summed E-state index contributed by atoms with van der Waals surface area (Å²) < 4.78 is 55.1. The molecule has 2 fully saturated rings. The number of aliphatic hydroxyl groups is 1. The summed E-state index contributed by atoms with van der Waals surface area (Å²) in [5, 5.41) is 12.0. The summed E-state index contributed by atoms with van der Waals surface area (Å²) in [6, 6.07) is 10.5. The van der Waals surface area contributed by atoms with Crippen LogP contribution in [0.15, 0.2) is 46.0 Å². The van der Waals surface area contributed by atoms with Gasteiger partial charge in [0.05, 0.1) is 17.9 Å². The van der Waals surface area contributed by atoms with Crippen molar-refractivity contribution in [2.45, 2.75) is 55.0 Å². The third kappa shape index (κ3) is 5.34. The molecule has 1 aromatic carbocycles. The average molecular weight is 528 g/mol. The van der Waals surface area contributed by atoms with Crippen LogP contribution in [0.1, 0.15) is 38.7 Å². The zero-order valence-corrected chi connectivity index (χ0v) is 22.2. The van der Waals surface area contributed by atoms with Crippen molar-refractivity contribution in [1.29, 1.82) is 0 Å². The Labute approximate surface area is 206 Å². The Kier molecular flexibility index (Phi) is 7.16. The molecule has 2 heterocycles. The third-order valence-corrected chi connectivity index (χ3v) is 11.3. The second-order valence-corrected chi connectivity index (χ2v) is 14.7. The second-order valence-electron chi connectivity index (χ2n) is 9.67. The number of hydrogen-bond donors (Lipinski definition) is 1. The Morgan fingerprint density at radius 2 is 1.76 bits per heavy atom. The Bertz CT molecular complexity index is 1190. The molecule has 0 radical (unpaired) electrons. The van der Waals surface area contributed by atoms with Crippen LogP contribution in [0.4, 0.5) is 5.69 Å². The van der Waals surface area contributed by atoms with E-state index in [1.165, 1.54) is 21.9 Å². The SMILES string of the molecule is CC(C)(O)c1ccc(N2CCN(S(=O)(=O)c3cccs3)C[C@@H]2CN(C2CCC2)S(C)(=O)=O)cc1. The first-order valence-electron chi connectivity index (χ1n) is 11.5. The van der Waals surface area contributed by atoms with Crippen molar-refractivity contribution in [3.8, 4) is 0 Å². The maximum atomic E-state index is 13.2. The molecule has 0 spiro atoms. The highest BCUT2D eigenvalue weighted by molar-refractivity contribution is 7.91. The summed E-state index contributed by atoms with van der Waals surface area (Å²) in [6.45, 7) is 4.63. The summed E-state index contributed by atoms with van der Waals surface area (Å²) in [4.78, 5) is 2.10. The van der Waals surface area contributed by atoms with Crippen LogP contribution in [0.2, 0.25) is 0 Å². The number of rotatable bonds is 8. The van der Waals surface area contributed by atoms with Crippen LogP contribution in [0.25, 0.3) is 0 Å². The maximum absolute atomic E-state index is 13.2. The lowest BCUT2D eigenvalue weighted by atomic mass is 9.93. The molecule has 1 aromatic heterocycles. The van der Waals surface area contributed by atoms with Gasteiger partial charge in [-0.25, -0.2) is 16.8 Å². The highest BCUT2D eigenvalue weighted by Crippen LogP contribution is 2.32. The number of sulfonamides is 2. The average Bonchev–Trinajstić information content (AvgIpc) is 3.26. The van der Waals surface area contributed by atoms with Crippen LogP contribution in [-0.2, 0) is 25.6 Å². The first kappa shape index (κ1) is 25.6. The first-order valence-corrected chi connectivity index (χ1v) is 15.6. The van der Waals surface area contributed by atoms with E-state index >= 15 is 0 Å². The van der Waals surface area contributed by atoms with E-state index in [0.29, 0.717) is 17.3 Å². The van der Waals surface area contributed by atoms with Crippen LogP contribution in [0, 0.1) is 0 Å². The van der Waals surface area contributed by atoms with E-state index in [4.69, 9.17) is 0 Å². The minimum absolute atomic E-state index is 0.0290. The lowest BCUT2D eigenvalue weighted by molar-refractivity contribution is 0.0786. The van der Waals surface area contributed by atoms with Gasteiger partial charge in [-0.15, -0.1) is 11.3 Å². The van der Waals surface area contributed by atoms with E-state index in [0.717, 1.165) is 30.5 Å². The van der Waals surface area contributed by atoms with Crippen LogP contribution >= 0.6 is 11.3 Å². The molecule has 34 heavy (non-hydrogen) atoms. The highest BCUT2D eigenvalue weighted by Gasteiger charge is 2.39. The lowest BCUT2D eigenvalue weighted by Gasteiger charge is -2.45. The van der Waals surface area contributed by atoms with Gasteiger partial charge in [0, 0.05) is 37.9 Å². The fourth-order valence-corrected chi connectivity index (χ4v) is 8.39. The molecule has 188 valence electrons. The summed E-state index contributed by atoms with van der Waals surface area (Å²) in [5.74, 6) is 0. The van der Waals surface area contributed by atoms with Crippen molar-refractivity contribution in [2.75, 3.05) is 37.3 Å². The minimum Gasteiger partial charge on any atom is -0.386 e. The van der Waals surface area contributed by atoms with Crippen molar-refractivity contribution >= 4 is 37.1 Å². The molecule has 8 nitrogen and oxygen atoms in total. The normalized spacial score (nSPS) is 21.1. The third-order valence-electron chi connectivity index (χ3n) is 6.74. The van der Waals surface area contributed by atoms with Gasteiger partial charge in [-0.1, -0.05) is 24.6 Å². The van der Waals surface area contributed by atoms with Gasteiger partial charge in [0.2, 0.25) is 10.0 Å². The van der Waals surface area contributed by atoms with E-state index in [2.05, 4.69) is 4.90 Å². The van der Waals surface area contributed by atoms with Gasteiger partial charge < -0.3 is 10.0 Å². The molecule has 1 aliphatic carbocycles. The standard InChI is InChI=1S/C23H33N3O5S3/c1-23(2,27)18-9-11-19(12-10-18)25-14-13-24(34(30,31)22-8-5-15-32-22)16-21(25)17-26(33(3,28)29)20-6-4-7-20/h5,8-12,15,20-21,27H,4,6-7,13-14,16-17H2,1-3H3/t21-/m1/s1. The van der Waals surface area contributed by atoms with E-state index in [1.807, 2.05) is 24.3 Å². The van der Waals surface area contributed by atoms with Gasteiger partial charge in [-0.05, 0) is 55.8 Å². The van der Waals surface area contributed by atoms with E-state index in [-0.39, 0.29) is 25.2 Å². The Balaban J connectivity index is 1.65. The fourth-order valence-electron chi connectivity index (χ4n) is 4.58. The minimum atomic E-state index is -3.64. The van der Waals surface area contributed by atoms with E-state index < -0.39 is 25.6 Å². The van der Waals surface area contributed by atoms with Crippen molar-refractivity contribution in [3.05, 3.63) is 47.3 Å². The zero-order valence-electron chi connectivity index (χ0n) is 19.8. The van der Waals surface area contributed by atoms with Crippen LogP contribution in [0.5, 0.6) is 0 Å². The van der Waals surface area contributed by atoms with E-state index in [1.54, 1.807) is 35.7 Å². The molecular weight excluding hydrogens is 494 g/mol. The van der Waals surface area contributed by atoms with Crippen molar-refractivity contribution in [3.63, 3.8) is 0 Å².